The summed E-state index contributed by atoms with van der Waals surface area (Å²) in [5, 5.41) is 3.85. The summed E-state index contributed by atoms with van der Waals surface area (Å²) in [6, 6.07) is 5.54. The normalized spacial score (nSPS) is 18.4. The number of hydrogen-bond donors (Lipinski definition) is 1. The number of carbonyl (C=O) groups excluding carboxylic acids is 1. The van der Waals surface area contributed by atoms with Crippen LogP contribution in [0.5, 0.6) is 5.75 Å². The molecule has 0 unspecified atom stereocenters. The number of nitrogens with one attached hydrogen (secondary N) is 1. The maximum atomic E-state index is 12.6. The first kappa shape index (κ1) is 18.7. The van der Waals surface area contributed by atoms with Gasteiger partial charge in [-0.3, -0.25) is 9.69 Å². The highest BCUT2D eigenvalue weighted by atomic mass is 16.5. The van der Waals surface area contributed by atoms with Gasteiger partial charge in [-0.2, -0.15) is 0 Å². The lowest BCUT2D eigenvalue weighted by atomic mass is 10.1. The molecule has 2 aromatic rings. The number of benzene rings is 1. The number of aryl methyl sites for hydroxylation is 1. The number of amides is 1. The predicted octanol–water partition coefficient (Wildman–Crippen LogP) is 2.84. The van der Waals surface area contributed by atoms with Crippen molar-refractivity contribution in [2.45, 2.75) is 26.9 Å². The molecule has 26 heavy (non-hydrogen) atoms. The fourth-order valence-corrected chi connectivity index (χ4v) is 3.42. The molecule has 1 aromatic heterocycles. The zero-order chi connectivity index (χ0) is 18.7. The molecule has 2 heterocycles. The van der Waals surface area contributed by atoms with Gasteiger partial charge in [0.2, 0.25) is 0 Å². The van der Waals surface area contributed by atoms with Gasteiger partial charge in [0.1, 0.15) is 11.3 Å². The van der Waals surface area contributed by atoms with Crippen molar-refractivity contribution in [3.05, 3.63) is 29.5 Å². The molecule has 0 radical (unpaired) electrons. The summed E-state index contributed by atoms with van der Waals surface area (Å²) in [5.41, 5.74) is 1.51. The highest BCUT2D eigenvalue weighted by molar-refractivity contribution is 5.99. The number of hydrogen-bond acceptors (Lipinski definition) is 5. The van der Waals surface area contributed by atoms with Gasteiger partial charge < -0.3 is 19.2 Å². The number of fused-ring (bicyclic) bond motifs is 1. The first-order chi connectivity index (χ1) is 12.5. The lowest BCUT2D eigenvalue weighted by Crippen LogP contribution is -2.48. The van der Waals surface area contributed by atoms with E-state index in [1.54, 1.807) is 7.11 Å². The van der Waals surface area contributed by atoms with Gasteiger partial charge in [0, 0.05) is 37.1 Å². The van der Waals surface area contributed by atoms with Crippen LogP contribution in [-0.4, -0.2) is 56.8 Å². The van der Waals surface area contributed by atoms with Crippen molar-refractivity contribution >= 4 is 16.9 Å². The van der Waals surface area contributed by atoms with Crippen LogP contribution in [-0.2, 0) is 4.74 Å². The summed E-state index contributed by atoms with van der Waals surface area (Å²) >= 11 is 0. The molecule has 0 saturated carbocycles. The molecule has 6 nitrogen and oxygen atoms in total. The van der Waals surface area contributed by atoms with Crippen molar-refractivity contribution in [2.24, 2.45) is 5.92 Å². The predicted molar refractivity (Wildman–Crippen MR) is 101 cm³/mol. The third-order valence-corrected chi connectivity index (χ3v) is 4.69. The Bertz CT molecular complexity index is 769. The standard InChI is InChI=1S/C20H28N2O4/c1-13(2)11-22-7-8-25-16(12-22)10-21-20(23)19-14(3)17-9-15(24-4)5-6-18(17)26-19/h5-6,9,13,16H,7-8,10-12H2,1-4H3,(H,21,23)/t16-/m0/s1. The number of nitrogens with zero attached hydrogens (tertiary/aromatic N) is 1. The zero-order valence-corrected chi connectivity index (χ0v) is 16.0. The van der Waals surface area contributed by atoms with Crippen LogP contribution < -0.4 is 10.1 Å². The van der Waals surface area contributed by atoms with Gasteiger partial charge in [-0.05, 0) is 31.0 Å². The van der Waals surface area contributed by atoms with E-state index in [2.05, 4.69) is 24.1 Å². The lowest BCUT2D eigenvalue weighted by Gasteiger charge is -2.33. The Morgan fingerprint density at radius 3 is 2.96 bits per heavy atom. The minimum atomic E-state index is -0.206. The van der Waals surface area contributed by atoms with Crippen molar-refractivity contribution < 1.29 is 18.7 Å². The van der Waals surface area contributed by atoms with Crippen LogP contribution in [0.2, 0.25) is 0 Å². The van der Waals surface area contributed by atoms with Gasteiger partial charge in [0.15, 0.2) is 5.76 Å². The molecule has 1 fully saturated rings. The molecule has 142 valence electrons. The third kappa shape index (κ3) is 4.19. The second-order valence-corrected chi connectivity index (χ2v) is 7.27. The topological polar surface area (TPSA) is 63.9 Å². The van der Waals surface area contributed by atoms with Crippen LogP contribution in [0.1, 0.15) is 30.0 Å². The van der Waals surface area contributed by atoms with E-state index in [-0.39, 0.29) is 12.0 Å². The summed E-state index contributed by atoms with van der Waals surface area (Å²) in [4.78, 5) is 15.0. The molecule has 1 saturated heterocycles. The first-order valence-electron chi connectivity index (χ1n) is 9.17. The number of carbonyl (C=O) groups is 1. The smallest absolute Gasteiger partial charge is 0.287 e. The van der Waals surface area contributed by atoms with Gasteiger partial charge in [-0.15, -0.1) is 0 Å². The van der Waals surface area contributed by atoms with E-state index in [0.717, 1.165) is 36.3 Å². The summed E-state index contributed by atoms with van der Waals surface area (Å²) < 4.78 is 16.8. The van der Waals surface area contributed by atoms with Gasteiger partial charge in [-0.1, -0.05) is 13.8 Å². The molecule has 1 aliphatic rings. The van der Waals surface area contributed by atoms with Crippen molar-refractivity contribution in [2.75, 3.05) is 39.9 Å². The van der Waals surface area contributed by atoms with Crippen molar-refractivity contribution in [1.29, 1.82) is 0 Å². The number of morpholine rings is 1. The van der Waals surface area contributed by atoms with Crippen molar-refractivity contribution in [1.82, 2.24) is 10.2 Å². The van der Waals surface area contributed by atoms with Gasteiger partial charge in [-0.25, -0.2) is 0 Å². The lowest BCUT2D eigenvalue weighted by molar-refractivity contribution is -0.0296. The fourth-order valence-electron chi connectivity index (χ4n) is 3.42. The van der Waals surface area contributed by atoms with E-state index in [0.29, 0.717) is 30.4 Å². The molecule has 1 atom stereocenters. The van der Waals surface area contributed by atoms with E-state index in [9.17, 15) is 4.79 Å². The Balaban J connectivity index is 1.63. The highest BCUT2D eigenvalue weighted by Gasteiger charge is 2.23. The molecule has 1 N–H and O–H groups in total. The highest BCUT2D eigenvalue weighted by Crippen LogP contribution is 2.28. The zero-order valence-electron chi connectivity index (χ0n) is 16.0. The van der Waals surface area contributed by atoms with Gasteiger partial charge in [0.05, 0.1) is 19.8 Å². The molecule has 1 aliphatic heterocycles. The SMILES string of the molecule is COc1ccc2oc(C(=O)NC[C@H]3CN(CC(C)C)CCO3)c(C)c2c1. The van der Waals surface area contributed by atoms with Gasteiger partial charge in [0.25, 0.3) is 5.91 Å². The number of methoxy groups -OCH3 is 1. The Kier molecular flexibility index (Phi) is 5.84. The first-order valence-corrected chi connectivity index (χ1v) is 9.17. The second kappa shape index (κ2) is 8.10. The Morgan fingerprint density at radius 2 is 2.23 bits per heavy atom. The van der Waals surface area contributed by atoms with Crippen LogP contribution in [0.25, 0.3) is 11.0 Å². The molecule has 0 spiro atoms. The average Bonchev–Trinajstić information content (AvgIpc) is 2.95. The number of rotatable bonds is 6. The fraction of sp³-hybridized carbons (Fsp3) is 0.550. The summed E-state index contributed by atoms with van der Waals surface area (Å²) in [5.74, 6) is 1.51. The molecule has 6 heteroatoms. The summed E-state index contributed by atoms with van der Waals surface area (Å²) in [6.07, 6.45) is 0.0104. The largest absolute Gasteiger partial charge is 0.497 e. The van der Waals surface area contributed by atoms with E-state index in [1.165, 1.54) is 0 Å². The van der Waals surface area contributed by atoms with Crippen molar-refractivity contribution in [3.8, 4) is 5.75 Å². The maximum Gasteiger partial charge on any atom is 0.287 e. The van der Waals surface area contributed by atoms with Crippen LogP contribution in [0.3, 0.4) is 0 Å². The minimum absolute atomic E-state index is 0.0104. The van der Waals surface area contributed by atoms with Crippen LogP contribution in [0.15, 0.2) is 22.6 Å². The summed E-state index contributed by atoms with van der Waals surface area (Å²) in [6.45, 7) is 10.4. The third-order valence-electron chi connectivity index (χ3n) is 4.69. The Labute approximate surface area is 154 Å². The monoisotopic (exact) mass is 360 g/mol. The minimum Gasteiger partial charge on any atom is -0.497 e. The number of furan rings is 1. The average molecular weight is 360 g/mol. The van der Waals surface area contributed by atoms with E-state index < -0.39 is 0 Å². The van der Waals surface area contributed by atoms with E-state index >= 15 is 0 Å². The second-order valence-electron chi connectivity index (χ2n) is 7.27. The van der Waals surface area contributed by atoms with E-state index in [1.807, 2.05) is 25.1 Å². The van der Waals surface area contributed by atoms with Crippen LogP contribution >= 0.6 is 0 Å². The van der Waals surface area contributed by atoms with Crippen molar-refractivity contribution in [3.63, 3.8) is 0 Å². The number of ether oxygens (including phenoxy) is 2. The Hall–Kier alpha value is -2.05. The van der Waals surface area contributed by atoms with E-state index in [4.69, 9.17) is 13.9 Å². The Morgan fingerprint density at radius 1 is 1.42 bits per heavy atom. The molecule has 3 rings (SSSR count). The maximum absolute atomic E-state index is 12.6. The molecule has 0 bridgehead atoms. The quantitative estimate of drug-likeness (QED) is 0.858. The molecule has 1 aromatic carbocycles. The van der Waals surface area contributed by atoms with Gasteiger partial charge >= 0.3 is 0 Å². The van der Waals surface area contributed by atoms with Crippen LogP contribution in [0.4, 0.5) is 0 Å². The molecular weight excluding hydrogens is 332 g/mol. The molecular formula is C20H28N2O4. The summed E-state index contributed by atoms with van der Waals surface area (Å²) in [7, 11) is 1.62. The molecule has 0 aliphatic carbocycles. The molecule has 1 amide bonds. The van der Waals surface area contributed by atoms with Crippen LogP contribution in [0, 0.1) is 12.8 Å².